The summed E-state index contributed by atoms with van der Waals surface area (Å²) in [4.78, 5) is 24.3. The molecular formula is C21H37N5O3Si. The molecule has 1 fully saturated rings. The molecular weight excluding hydrogens is 398 g/mol. The third-order valence-corrected chi connectivity index (χ3v) is 10.7. The topological polar surface area (TPSA) is 94.1 Å². The van der Waals surface area contributed by atoms with E-state index in [-0.39, 0.29) is 29.0 Å². The van der Waals surface area contributed by atoms with E-state index in [2.05, 4.69) is 74.9 Å². The average molecular weight is 436 g/mol. The molecule has 2 aromatic heterocycles. The molecule has 9 heteroatoms. The van der Waals surface area contributed by atoms with Gasteiger partial charge in [-0.25, -0.2) is 4.98 Å². The lowest BCUT2D eigenvalue weighted by Crippen LogP contribution is -2.45. The molecule has 0 saturated carbocycles. The SMILES string of the molecule is CC[C@@H]1C[C@H](O[Si](C)(C)C(C)(C)C)[C@H](n2cnc3c(=O)[nH]c(NCC(C)C)nc32)O1. The number of imidazole rings is 1. The number of ether oxygens (including phenoxy) is 1. The van der Waals surface area contributed by atoms with E-state index in [1.165, 1.54) is 0 Å². The van der Waals surface area contributed by atoms with Crippen LogP contribution in [0.2, 0.25) is 18.1 Å². The molecule has 3 atom stereocenters. The van der Waals surface area contributed by atoms with Gasteiger partial charge in [-0.15, -0.1) is 0 Å². The molecule has 168 valence electrons. The zero-order valence-electron chi connectivity index (χ0n) is 19.6. The highest BCUT2D eigenvalue weighted by molar-refractivity contribution is 6.74. The highest BCUT2D eigenvalue weighted by Crippen LogP contribution is 2.42. The number of anilines is 1. The van der Waals surface area contributed by atoms with Crippen LogP contribution >= 0.6 is 0 Å². The van der Waals surface area contributed by atoms with Crippen LogP contribution in [0, 0.1) is 5.92 Å². The van der Waals surface area contributed by atoms with Crippen molar-refractivity contribution in [1.82, 2.24) is 19.5 Å². The van der Waals surface area contributed by atoms with Gasteiger partial charge in [-0.1, -0.05) is 41.5 Å². The van der Waals surface area contributed by atoms with E-state index < -0.39 is 8.32 Å². The Morgan fingerprint density at radius 1 is 1.40 bits per heavy atom. The van der Waals surface area contributed by atoms with Crippen molar-refractivity contribution in [3.05, 3.63) is 16.7 Å². The smallest absolute Gasteiger partial charge is 0.280 e. The van der Waals surface area contributed by atoms with Crippen LogP contribution in [-0.4, -0.2) is 46.6 Å². The summed E-state index contributed by atoms with van der Waals surface area (Å²) in [5.41, 5.74) is 0.590. The van der Waals surface area contributed by atoms with Gasteiger partial charge in [0.05, 0.1) is 18.5 Å². The lowest BCUT2D eigenvalue weighted by molar-refractivity contribution is -0.0320. The Morgan fingerprint density at radius 2 is 2.10 bits per heavy atom. The van der Waals surface area contributed by atoms with Crippen LogP contribution in [0.25, 0.3) is 11.2 Å². The molecule has 8 nitrogen and oxygen atoms in total. The quantitative estimate of drug-likeness (QED) is 0.631. The standard InChI is InChI=1S/C21H37N5O3Si/c1-9-14-10-15(29-30(7,8)21(4,5)6)19(28-14)26-12-23-16-17(26)24-20(25-18(16)27)22-11-13(2)3/h12-15,19H,9-11H2,1-8H3,(H2,22,24,25,27)/t14-,15+,19-/m1/s1. The van der Waals surface area contributed by atoms with Crippen LogP contribution < -0.4 is 10.9 Å². The summed E-state index contributed by atoms with van der Waals surface area (Å²) in [6.07, 6.45) is 3.07. The lowest BCUT2D eigenvalue weighted by atomic mass is 10.1. The molecule has 0 spiro atoms. The van der Waals surface area contributed by atoms with E-state index in [9.17, 15) is 4.79 Å². The van der Waals surface area contributed by atoms with E-state index in [1.807, 2.05) is 4.57 Å². The maximum atomic E-state index is 12.6. The van der Waals surface area contributed by atoms with Gasteiger partial charge in [0.2, 0.25) is 5.95 Å². The Labute approximate surface area is 179 Å². The second-order valence-electron chi connectivity index (χ2n) is 10.2. The van der Waals surface area contributed by atoms with E-state index in [0.29, 0.717) is 23.0 Å². The number of H-pyrrole nitrogens is 1. The number of hydrogen-bond donors (Lipinski definition) is 2. The molecule has 3 heterocycles. The van der Waals surface area contributed by atoms with Crippen molar-refractivity contribution in [3.8, 4) is 0 Å². The van der Waals surface area contributed by atoms with E-state index >= 15 is 0 Å². The molecule has 30 heavy (non-hydrogen) atoms. The summed E-state index contributed by atoms with van der Waals surface area (Å²) >= 11 is 0. The largest absolute Gasteiger partial charge is 0.409 e. The predicted molar refractivity (Wildman–Crippen MR) is 122 cm³/mol. The summed E-state index contributed by atoms with van der Waals surface area (Å²) in [5, 5.41) is 3.30. The zero-order valence-corrected chi connectivity index (χ0v) is 20.6. The van der Waals surface area contributed by atoms with E-state index in [0.717, 1.165) is 19.4 Å². The van der Waals surface area contributed by atoms with Crippen molar-refractivity contribution < 1.29 is 9.16 Å². The van der Waals surface area contributed by atoms with Crippen LogP contribution in [0.5, 0.6) is 0 Å². The predicted octanol–water partition coefficient (Wildman–Crippen LogP) is 4.28. The maximum absolute atomic E-state index is 12.6. The van der Waals surface area contributed by atoms with Crippen LogP contribution in [0.1, 0.15) is 60.6 Å². The molecule has 0 unspecified atom stereocenters. The van der Waals surface area contributed by atoms with Crippen LogP contribution in [0.15, 0.2) is 11.1 Å². The van der Waals surface area contributed by atoms with Crippen LogP contribution in [0.4, 0.5) is 5.95 Å². The maximum Gasteiger partial charge on any atom is 0.280 e. The molecule has 0 radical (unpaired) electrons. The first kappa shape index (κ1) is 23.0. The minimum absolute atomic E-state index is 0.0959. The molecule has 1 aliphatic rings. The molecule has 1 aliphatic heterocycles. The van der Waals surface area contributed by atoms with Crippen molar-refractivity contribution in [2.24, 2.45) is 5.92 Å². The molecule has 0 aliphatic carbocycles. The Balaban J connectivity index is 1.98. The number of aromatic amines is 1. The summed E-state index contributed by atoms with van der Waals surface area (Å²) in [7, 11) is -2.00. The Kier molecular flexibility index (Phi) is 6.45. The monoisotopic (exact) mass is 435 g/mol. The zero-order chi connectivity index (χ0) is 22.3. The number of nitrogens with one attached hydrogen (secondary N) is 2. The number of nitrogens with zero attached hydrogens (tertiary/aromatic N) is 3. The molecule has 0 bridgehead atoms. The molecule has 0 amide bonds. The number of hydrogen-bond acceptors (Lipinski definition) is 6. The first-order valence-corrected chi connectivity index (χ1v) is 13.9. The Bertz CT molecular complexity index is 931. The average Bonchev–Trinajstić information content (AvgIpc) is 3.22. The van der Waals surface area contributed by atoms with Crippen molar-refractivity contribution in [1.29, 1.82) is 0 Å². The van der Waals surface area contributed by atoms with Gasteiger partial charge in [-0.2, -0.15) is 4.98 Å². The van der Waals surface area contributed by atoms with Crippen molar-refractivity contribution >= 4 is 25.4 Å². The summed E-state index contributed by atoms with van der Waals surface area (Å²) < 4.78 is 15.0. The number of aromatic nitrogens is 4. The normalized spacial score (nSPS) is 22.9. The minimum Gasteiger partial charge on any atom is -0.409 e. The van der Waals surface area contributed by atoms with Crippen LogP contribution in [0.3, 0.4) is 0 Å². The van der Waals surface area contributed by atoms with Crippen molar-refractivity contribution in [3.63, 3.8) is 0 Å². The number of fused-ring (bicyclic) bond motifs is 1. The summed E-state index contributed by atoms with van der Waals surface area (Å²) in [6.45, 7) is 18.3. The lowest BCUT2D eigenvalue weighted by Gasteiger charge is -2.39. The third kappa shape index (κ3) is 4.62. The number of rotatable bonds is 7. The van der Waals surface area contributed by atoms with Gasteiger partial charge in [0.15, 0.2) is 25.7 Å². The second kappa shape index (κ2) is 8.43. The van der Waals surface area contributed by atoms with Crippen LogP contribution in [-0.2, 0) is 9.16 Å². The first-order valence-electron chi connectivity index (χ1n) is 11.0. The molecule has 0 aromatic carbocycles. The fourth-order valence-electron chi connectivity index (χ4n) is 3.38. The van der Waals surface area contributed by atoms with Gasteiger partial charge in [0.1, 0.15) is 0 Å². The van der Waals surface area contributed by atoms with Gasteiger partial charge in [0.25, 0.3) is 5.56 Å². The molecule has 2 aromatic rings. The highest BCUT2D eigenvalue weighted by atomic mass is 28.4. The van der Waals surface area contributed by atoms with Gasteiger partial charge in [-0.3, -0.25) is 14.3 Å². The van der Waals surface area contributed by atoms with Crippen molar-refractivity contribution in [2.75, 3.05) is 11.9 Å². The van der Waals surface area contributed by atoms with E-state index in [1.54, 1.807) is 6.33 Å². The van der Waals surface area contributed by atoms with Gasteiger partial charge in [0, 0.05) is 13.0 Å². The van der Waals surface area contributed by atoms with E-state index in [4.69, 9.17) is 9.16 Å². The summed E-state index contributed by atoms with van der Waals surface area (Å²) in [5.74, 6) is 0.886. The second-order valence-corrected chi connectivity index (χ2v) is 15.0. The first-order chi connectivity index (χ1) is 13.9. The van der Waals surface area contributed by atoms with Gasteiger partial charge < -0.3 is 14.5 Å². The minimum atomic E-state index is -2.00. The van der Waals surface area contributed by atoms with Crippen molar-refractivity contribution in [2.45, 2.75) is 91.0 Å². The fourth-order valence-corrected chi connectivity index (χ4v) is 4.70. The van der Waals surface area contributed by atoms with Gasteiger partial charge >= 0.3 is 0 Å². The summed E-state index contributed by atoms with van der Waals surface area (Å²) in [6, 6.07) is 0. The molecule has 2 N–H and O–H groups in total. The highest BCUT2D eigenvalue weighted by Gasteiger charge is 2.45. The fraction of sp³-hybridized carbons (Fsp3) is 0.762. The molecule has 3 rings (SSSR count). The Morgan fingerprint density at radius 3 is 2.70 bits per heavy atom. The van der Waals surface area contributed by atoms with Gasteiger partial charge in [-0.05, 0) is 30.5 Å². The Hall–Kier alpha value is -1.71. The molecule has 1 saturated heterocycles. The third-order valence-electron chi connectivity index (χ3n) is 6.24.